The van der Waals surface area contributed by atoms with Crippen molar-refractivity contribution in [2.24, 2.45) is 0 Å². The number of carbonyl (C=O) groups excluding carboxylic acids is 1. The van der Waals surface area contributed by atoms with E-state index in [1.54, 1.807) is 35.6 Å². The summed E-state index contributed by atoms with van der Waals surface area (Å²) in [5, 5.41) is 4.68. The van der Waals surface area contributed by atoms with E-state index in [9.17, 15) is 4.79 Å². The highest BCUT2D eigenvalue weighted by atomic mass is 35.5. The number of hydrogen-bond acceptors (Lipinski definition) is 5. The number of nitrogens with one attached hydrogen (secondary N) is 1. The summed E-state index contributed by atoms with van der Waals surface area (Å²) >= 11 is 7.75. The predicted molar refractivity (Wildman–Crippen MR) is 122 cm³/mol. The number of hydrogen-bond donors (Lipinski definition) is 1. The number of anilines is 1. The van der Waals surface area contributed by atoms with Crippen LogP contribution in [-0.4, -0.2) is 55.1 Å². The van der Waals surface area contributed by atoms with E-state index in [0.717, 1.165) is 43.4 Å². The molecular formula is C22H25ClN4OS. The first kappa shape index (κ1) is 20.1. The van der Waals surface area contributed by atoms with Crippen LogP contribution in [0.1, 0.15) is 21.5 Å². The van der Waals surface area contributed by atoms with Crippen LogP contribution in [0.25, 0.3) is 10.2 Å². The van der Waals surface area contributed by atoms with Gasteiger partial charge in [0.05, 0.1) is 10.2 Å². The monoisotopic (exact) mass is 428 g/mol. The highest BCUT2D eigenvalue weighted by molar-refractivity contribution is 7.22. The Morgan fingerprint density at radius 1 is 1.14 bits per heavy atom. The lowest BCUT2D eigenvalue weighted by Gasteiger charge is -2.34. The molecule has 7 heteroatoms. The van der Waals surface area contributed by atoms with Gasteiger partial charge in [-0.25, -0.2) is 4.98 Å². The molecule has 0 bridgehead atoms. The third-order valence-electron chi connectivity index (χ3n) is 5.37. The summed E-state index contributed by atoms with van der Waals surface area (Å²) in [7, 11) is 0. The average Bonchev–Trinajstić information content (AvgIpc) is 3.18. The summed E-state index contributed by atoms with van der Waals surface area (Å²) in [6.07, 6.45) is 0. The third-order valence-corrected chi connectivity index (χ3v) is 6.86. The van der Waals surface area contributed by atoms with E-state index >= 15 is 0 Å². The number of carbonyl (C=O) groups is 1. The van der Waals surface area contributed by atoms with Crippen molar-refractivity contribution in [3.8, 4) is 0 Å². The van der Waals surface area contributed by atoms with Gasteiger partial charge >= 0.3 is 0 Å². The smallest absolute Gasteiger partial charge is 0.251 e. The molecule has 1 saturated heterocycles. The summed E-state index contributed by atoms with van der Waals surface area (Å²) in [5.41, 5.74) is 4.27. The molecule has 3 aromatic rings. The van der Waals surface area contributed by atoms with Gasteiger partial charge in [-0.1, -0.05) is 41.1 Å². The van der Waals surface area contributed by atoms with Crippen molar-refractivity contribution in [3.63, 3.8) is 0 Å². The first-order valence-corrected chi connectivity index (χ1v) is 11.1. The number of benzene rings is 2. The predicted octanol–water partition coefficient (Wildman–Crippen LogP) is 4.12. The lowest BCUT2D eigenvalue weighted by molar-refractivity contribution is 0.0948. The van der Waals surface area contributed by atoms with Crippen molar-refractivity contribution in [1.29, 1.82) is 0 Å². The Hall–Kier alpha value is -2.15. The molecule has 1 fully saturated rings. The molecule has 0 atom stereocenters. The SMILES string of the molecule is Cc1ccc(C)c2sc(N3CCN(CCNC(=O)c4cccc(Cl)c4)CC3)nc12. The molecule has 1 N–H and O–H groups in total. The fraction of sp³-hybridized carbons (Fsp3) is 0.364. The maximum Gasteiger partial charge on any atom is 0.251 e. The van der Waals surface area contributed by atoms with Crippen LogP contribution in [0.3, 0.4) is 0 Å². The van der Waals surface area contributed by atoms with Crippen LogP contribution < -0.4 is 10.2 Å². The molecule has 2 heterocycles. The van der Waals surface area contributed by atoms with Crippen LogP contribution in [0.15, 0.2) is 36.4 Å². The van der Waals surface area contributed by atoms with Crippen molar-refractivity contribution >= 4 is 44.2 Å². The highest BCUT2D eigenvalue weighted by Crippen LogP contribution is 2.33. The molecule has 152 valence electrons. The molecule has 0 spiro atoms. The summed E-state index contributed by atoms with van der Waals surface area (Å²) in [6, 6.07) is 11.4. The van der Waals surface area contributed by atoms with Gasteiger partial charge in [0.25, 0.3) is 5.91 Å². The zero-order valence-electron chi connectivity index (χ0n) is 16.7. The Bertz CT molecular complexity index is 988. The molecule has 2 aromatic carbocycles. The Morgan fingerprint density at radius 3 is 2.62 bits per heavy atom. The maximum atomic E-state index is 12.2. The number of fused-ring (bicyclic) bond motifs is 1. The summed E-state index contributed by atoms with van der Waals surface area (Å²) in [6.45, 7) is 9.62. The van der Waals surface area contributed by atoms with Crippen molar-refractivity contribution in [2.75, 3.05) is 44.2 Å². The van der Waals surface area contributed by atoms with Crippen molar-refractivity contribution in [2.45, 2.75) is 13.8 Å². The van der Waals surface area contributed by atoms with Crippen LogP contribution in [0.4, 0.5) is 5.13 Å². The quantitative estimate of drug-likeness (QED) is 0.664. The van der Waals surface area contributed by atoms with Gasteiger partial charge in [-0.2, -0.15) is 0 Å². The van der Waals surface area contributed by atoms with Gasteiger partial charge in [-0.3, -0.25) is 9.69 Å². The van der Waals surface area contributed by atoms with E-state index in [1.807, 2.05) is 0 Å². The van der Waals surface area contributed by atoms with Crippen LogP contribution >= 0.6 is 22.9 Å². The maximum absolute atomic E-state index is 12.2. The molecule has 29 heavy (non-hydrogen) atoms. The Labute approximate surface area is 180 Å². The summed E-state index contributed by atoms with van der Waals surface area (Å²) < 4.78 is 1.30. The second-order valence-electron chi connectivity index (χ2n) is 7.47. The number of thiazole rings is 1. The number of aromatic nitrogens is 1. The van der Waals surface area contributed by atoms with E-state index in [0.29, 0.717) is 17.1 Å². The summed E-state index contributed by atoms with van der Waals surface area (Å²) in [5.74, 6) is -0.0775. The van der Waals surface area contributed by atoms with Crippen LogP contribution in [0.5, 0.6) is 0 Å². The van der Waals surface area contributed by atoms with Gasteiger partial charge in [0.15, 0.2) is 5.13 Å². The van der Waals surface area contributed by atoms with E-state index in [-0.39, 0.29) is 5.91 Å². The largest absolute Gasteiger partial charge is 0.351 e. The second kappa shape index (κ2) is 8.69. The number of rotatable bonds is 5. The standard InChI is InChI=1S/C22H25ClN4OS/c1-15-6-7-16(2)20-19(15)25-22(29-20)27-12-10-26(11-13-27)9-8-24-21(28)17-4-3-5-18(23)14-17/h3-7,14H,8-13H2,1-2H3,(H,24,28). The minimum atomic E-state index is -0.0775. The van der Waals surface area contributed by atoms with Gasteiger partial charge in [-0.05, 0) is 43.2 Å². The van der Waals surface area contributed by atoms with Crippen LogP contribution in [0.2, 0.25) is 5.02 Å². The van der Waals surface area contributed by atoms with Gasteiger partial charge < -0.3 is 10.2 Å². The number of halogens is 1. The normalized spacial score (nSPS) is 15.1. The first-order chi connectivity index (χ1) is 14.0. The minimum Gasteiger partial charge on any atom is -0.351 e. The Balaban J connectivity index is 1.28. The summed E-state index contributed by atoms with van der Waals surface area (Å²) in [4.78, 5) is 21.9. The fourth-order valence-electron chi connectivity index (χ4n) is 3.61. The Morgan fingerprint density at radius 2 is 1.90 bits per heavy atom. The third kappa shape index (κ3) is 4.55. The fourth-order valence-corrected chi connectivity index (χ4v) is 4.96. The Kier molecular flexibility index (Phi) is 6.04. The second-order valence-corrected chi connectivity index (χ2v) is 8.88. The minimum absolute atomic E-state index is 0.0775. The molecule has 4 rings (SSSR count). The van der Waals surface area contributed by atoms with Gasteiger partial charge in [0.2, 0.25) is 0 Å². The zero-order valence-corrected chi connectivity index (χ0v) is 18.3. The van der Waals surface area contributed by atoms with E-state index < -0.39 is 0 Å². The van der Waals surface area contributed by atoms with Crippen molar-refractivity contribution < 1.29 is 4.79 Å². The molecule has 5 nitrogen and oxygen atoms in total. The molecule has 1 aromatic heterocycles. The molecule has 0 unspecified atom stereocenters. The van der Waals surface area contributed by atoms with Crippen molar-refractivity contribution in [3.05, 3.63) is 58.1 Å². The highest BCUT2D eigenvalue weighted by Gasteiger charge is 2.20. The lowest BCUT2D eigenvalue weighted by Crippen LogP contribution is -2.48. The van der Waals surface area contributed by atoms with Crippen molar-refractivity contribution in [1.82, 2.24) is 15.2 Å². The number of nitrogens with zero attached hydrogens (tertiary/aromatic N) is 3. The van der Waals surface area contributed by atoms with E-state index in [2.05, 4.69) is 41.1 Å². The molecular weight excluding hydrogens is 404 g/mol. The van der Waals surface area contributed by atoms with Gasteiger partial charge in [0.1, 0.15) is 0 Å². The molecule has 0 saturated carbocycles. The molecule has 1 amide bonds. The number of aryl methyl sites for hydroxylation is 2. The average molecular weight is 429 g/mol. The zero-order chi connectivity index (χ0) is 20.4. The van der Waals surface area contributed by atoms with E-state index in [4.69, 9.17) is 16.6 Å². The van der Waals surface area contributed by atoms with E-state index in [1.165, 1.54) is 15.8 Å². The van der Waals surface area contributed by atoms with Gasteiger partial charge in [-0.15, -0.1) is 0 Å². The molecule has 0 radical (unpaired) electrons. The molecule has 1 aliphatic heterocycles. The molecule has 0 aliphatic carbocycles. The number of amides is 1. The molecule has 1 aliphatic rings. The van der Waals surface area contributed by atoms with Crippen LogP contribution in [0, 0.1) is 13.8 Å². The topological polar surface area (TPSA) is 48.5 Å². The van der Waals surface area contributed by atoms with Gasteiger partial charge in [0, 0.05) is 49.9 Å². The lowest BCUT2D eigenvalue weighted by atomic mass is 10.1. The first-order valence-electron chi connectivity index (χ1n) is 9.89. The number of piperazine rings is 1. The van der Waals surface area contributed by atoms with Crippen LogP contribution in [-0.2, 0) is 0 Å².